The Balaban J connectivity index is 1.26. The number of nitrogens with zero attached hydrogens (tertiary/aromatic N) is 2. The van der Waals surface area contributed by atoms with Gasteiger partial charge in [0.05, 0.1) is 29.8 Å². The Morgan fingerprint density at radius 2 is 1.48 bits per heavy atom. The van der Waals surface area contributed by atoms with Crippen molar-refractivity contribution in [3.8, 4) is 0 Å². The first-order valence-electron chi connectivity index (χ1n) is 12.7. The fourth-order valence-electron chi connectivity index (χ4n) is 6.56. The Labute approximate surface area is 198 Å². The van der Waals surface area contributed by atoms with Crippen molar-refractivity contribution in [1.29, 1.82) is 0 Å². The Morgan fingerprint density at radius 3 is 2.09 bits per heavy atom. The van der Waals surface area contributed by atoms with Crippen molar-refractivity contribution in [3.63, 3.8) is 0 Å². The molecule has 0 N–H and O–H groups in total. The second kappa shape index (κ2) is 7.06. The summed E-state index contributed by atoms with van der Waals surface area (Å²) in [6.07, 6.45) is 4.60. The molecule has 7 heteroatoms. The van der Waals surface area contributed by atoms with E-state index in [0.29, 0.717) is 18.1 Å². The number of anilines is 1. The molecular weight excluding hydrogens is 415 g/mol. The monoisotopic (exact) mass is 452 g/mol. The highest BCUT2D eigenvalue weighted by atomic mass is 16.7. The molecule has 4 heterocycles. The molecule has 178 valence electrons. The van der Waals surface area contributed by atoms with E-state index in [1.54, 1.807) is 0 Å². The maximum absolute atomic E-state index is 13.6. The third-order valence-electron chi connectivity index (χ3n) is 9.41. The summed E-state index contributed by atoms with van der Waals surface area (Å²) in [5.74, 6) is 0.219. The highest BCUT2D eigenvalue weighted by Gasteiger charge is 2.55. The predicted molar refractivity (Wildman–Crippen MR) is 129 cm³/mol. The van der Waals surface area contributed by atoms with Crippen LogP contribution in [0.2, 0.25) is 0 Å². The number of carbonyl (C=O) groups excluding carboxylic acids is 1. The maximum atomic E-state index is 13.6. The van der Waals surface area contributed by atoms with Gasteiger partial charge in [-0.15, -0.1) is 0 Å². The van der Waals surface area contributed by atoms with Gasteiger partial charge in [-0.3, -0.25) is 9.69 Å². The number of hydrogen-bond donors (Lipinski definition) is 0. The van der Waals surface area contributed by atoms with Gasteiger partial charge >= 0.3 is 7.12 Å². The van der Waals surface area contributed by atoms with Crippen LogP contribution in [0.15, 0.2) is 18.2 Å². The van der Waals surface area contributed by atoms with Crippen molar-refractivity contribution in [3.05, 3.63) is 23.8 Å². The molecule has 33 heavy (non-hydrogen) atoms. The van der Waals surface area contributed by atoms with Crippen LogP contribution in [-0.2, 0) is 24.3 Å². The molecule has 1 aliphatic carbocycles. The Kier molecular flexibility index (Phi) is 4.73. The van der Waals surface area contributed by atoms with Gasteiger partial charge in [-0.1, -0.05) is 12.1 Å². The summed E-state index contributed by atoms with van der Waals surface area (Å²) in [5.41, 5.74) is 1.87. The summed E-state index contributed by atoms with van der Waals surface area (Å²) in [6, 6.07) is 8.32. The van der Waals surface area contributed by atoms with Crippen molar-refractivity contribution in [2.24, 2.45) is 0 Å². The van der Waals surface area contributed by atoms with E-state index in [0.717, 1.165) is 42.8 Å². The fourth-order valence-corrected chi connectivity index (χ4v) is 6.56. The molecule has 0 radical (unpaired) electrons. The lowest BCUT2D eigenvalue weighted by molar-refractivity contribution is -0.123. The molecule has 4 aliphatic heterocycles. The molecule has 1 aromatic carbocycles. The van der Waals surface area contributed by atoms with Gasteiger partial charge in [-0.25, -0.2) is 0 Å². The lowest BCUT2D eigenvalue weighted by Gasteiger charge is -2.50. The number of amides is 1. The second-order valence-electron chi connectivity index (χ2n) is 12.3. The van der Waals surface area contributed by atoms with Crippen LogP contribution >= 0.6 is 0 Å². The first-order chi connectivity index (χ1) is 15.5. The summed E-state index contributed by atoms with van der Waals surface area (Å²) in [6.45, 7) is 14.2. The zero-order chi connectivity index (χ0) is 23.3. The van der Waals surface area contributed by atoms with Crippen molar-refractivity contribution in [1.82, 2.24) is 4.90 Å². The minimum Gasteiger partial charge on any atom is -0.399 e. The van der Waals surface area contributed by atoms with E-state index in [1.165, 1.54) is 12.8 Å². The molecule has 3 saturated heterocycles. The first-order valence-corrected chi connectivity index (χ1v) is 12.7. The molecule has 5 aliphatic rings. The number of fused-ring (bicyclic) bond motifs is 3. The lowest BCUT2D eigenvalue weighted by Crippen LogP contribution is -2.61. The van der Waals surface area contributed by atoms with Gasteiger partial charge in [0.15, 0.2) is 0 Å². The highest BCUT2D eigenvalue weighted by molar-refractivity contribution is 6.62. The molecule has 0 unspecified atom stereocenters. The summed E-state index contributed by atoms with van der Waals surface area (Å²) in [5, 5.41) is 0. The number of morpholine rings is 1. The molecule has 6 rings (SSSR count). The Morgan fingerprint density at radius 1 is 0.879 bits per heavy atom. The smallest absolute Gasteiger partial charge is 0.399 e. The number of hydrogen-bond acceptors (Lipinski definition) is 5. The summed E-state index contributed by atoms with van der Waals surface area (Å²) in [7, 11) is -0.418. The molecule has 6 nitrogen and oxygen atoms in total. The standard InChI is InChI=1S/C26H37BN2O4/c1-24(2)21-10-7-16(27-32-25(3,4)26(5,6)33-27)11-22(21)29(23(24)30)20-12-19(13-20)28-17-8-9-18(28)15-31-14-17/h7,10-11,17-20H,8-9,12-15H2,1-6H3/t17-,18-,19?,20?/m0/s1. The number of rotatable bonds is 3. The van der Waals surface area contributed by atoms with Crippen LogP contribution in [0.4, 0.5) is 5.69 Å². The zero-order valence-electron chi connectivity index (χ0n) is 20.9. The normalized spacial score (nSPS) is 36.2. The van der Waals surface area contributed by atoms with Gasteiger partial charge in [0.2, 0.25) is 5.91 Å². The van der Waals surface area contributed by atoms with E-state index in [-0.39, 0.29) is 23.2 Å². The van der Waals surface area contributed by atoms with Gasteiger partial charge in [0.25, 0.3) is 0 Å². The third-order valence-corrected chi connectivity index (χ3v) is 9.41. The van der Waals surface area contributed by atoms with Crippen molar-refractivity contribution in [2.75, 3.05) is 18.1 Å². The van der Waals surface area contributed by atoms with Gasteiger partial charge in [0.1, 0.15) is 0 Å². The van der Waals surface area contributed by atoms with Crippen LogP contribution in [0.5, 0.6) is 0 Å². The molecular formula is C26H37BN2O4. The van der Waals surface area contributed by atoms with Gasteiger partial charge in [-0.05, 0) is 84.3 Å². The average molecular weight is 452 g/mol. The molecule has 2 atom stereocenters. The molecule has 1 amide bonds. The molecule has 2 bridgehead atoms. The van der Waals surface area contributed by atoms with Crippen LogP contribution in [0.3, 0.4) is 0 Å². The molecule has 1 aromatic rings. The predicted octanol–water partition coefficient (Wildman–Crippen LogP) is 3.00. The van der Waals surface area contributed by atoms with Crippen LogP contribution in [-0.4, -0.2) is 66.5 Å². The van der Waals surface area contributed by atoms with Crippen LogP contribution < -0.4 is 10.4 Å². The topological polar surface area (TPSA) is 51.2 Å². The molecule has 0 aromatic heterocycles. The van der Waals surface area contributed by atoms with E-state index < -0.39 is 12.5 Å². The second-order valence-corrected chi connectivity index (χ2v) is 12.3. The number of benzene rings is 1. The molecule has 1 saturated carbocycles. The molecule has 4 fully saturated rings. The van der Waals surface area contributed by atoms with E-state index in [1.807, 2.05) is 0 Å². The SMILES string of the molecule is CC1(C)C(=O)N(C2CC(N3[C@H]4CC[C@H]3COC4)C2)c2cc(B3OC(C)(C)C(C)(C)O3)ccc21. The zero-order valence-corrected chi connectivity index (χ0v) is 20.9. The summed E-state index contributed by atoms with van der Waals surface area (Å²) >= 11 is 0. The van der Waals surface area contributed by atoms with Gasteiger partial charge in [0, 0.05) is 29.9 Å². The first kappa shape index (κ1) is 22.1. The van der Waals surface area contributed by atoms with Crippen molar-refractivity contribution < 1.29 is 18.8 Å². The van der Waals surface area contributed by atoms with E-state index in [2.05, 4.69) is 69.5 Å². The van der Waals surface area contributed by atoms with Gasteiger partial charge in [-0.2, -0.15) is 0 Å². The highest BCUT2D eigenvalue weighted by Crippen LogP contribution is 2.48. The van der Waals surface area contributed by atoms with Crippen LogP contribution in [0.1, 0.15) is 72.8 Å². The van der Waals surface area contributed by atoms with Crippen molar-refractivity contribution in [2.45, 2.75) is 108 Å². The average Bonchev–Trinajstić information content (AvgIpc) is 3.16. The number of carbonyl (C=O) groups is 1. The van der Waals surface area contributed by atoms with E-state index in [9.17, 15) is 4.79 Å². The number of ether oxygens (including phenoxy) is 1. The maximum Gasteiger partial charge on any atom is 0.494 e. The largest absolute Gasteiger partial charge is 0.494 e. The molecule has 0 spiro atoms. The minimum atomic E-state index is -0.507. The van der Waals surface area contributed by atoms with Crippen LogP contribution in [0.25, 0.3) is 0 Å². The Hall–Kier alpha value is -1.41. The summed E-state index contributed by atoms with van der Waals surface area (Å²) in [4.78, 5) is 18.4. The van der Waals surface area contributed by atoms with E-state index >= 15 is 0 Å². The minimum absolute atomic E-state index is 0.219. The summed E-state index contributed by atoms with van der Waals surface area (Å²) < 4.78 is 18.4. The van der Waals surface area contributed by atoms with Gasteiger partial charge < -0.3 is 18.9 Å². The third kappa shape index (κ3) is 3.12. The lowest BCUT2D eigenvalue weighted by atomic mass is 9.76. The quantitative estimate of drug-likeness (QED) is 0.661. The van der Waals surface area contributed by atoms with Crippen molar-refractivity contribution >= 4 is 24.2 Å². The Bertz CT molecular complexity index is 955. The van der Waals surface area contributed by atoms with Crippen LogP contribution in [0, 0.1) is 0 Å². The fraction of sp³-hybridized carbons (Fsp3) is 0.731. The van der Waals surface area contributed by atoms with E-state index in [4.69, 9.17) is 14.0 Å².